The minimum absolute atomic E-state index is 0.0563. The maximum atomic E-state index is 11.2. The third kappa shape index (κ3) is 3.96. The van der Waals surface area contributed by atoms with Crippen LogP contribution in [-0.2, 0) is 0 Å². The van der Waals surface area contributed by atoms with Crippen LogP contribution in [0.1, 0.15) is 26.7 Å². The van der Waals surface area contributed by atoms with Gasteiger partial charge in [-0.3, -0.25) is 0 Å². The molecule has 1 fully saturated rings. The summed E-state index contributed by atoms with van der Waals surface area (Å²) in [5, 5.41) is 5.67. The highest BCUT2D eigenvalue weighted by Crippen LogP contribution is 2.24. The van der Waals surface area contributed by atoms with E-state index in [1.165, 1.54) is 0 Å². The first kappa shape index (κ1) is 11.3. The van der Waals surface area contributed by atoms with Crippen molar-refractivity contribution < 1.29 is 4.79 Å². The van der Waals surface area contributed by atoms with E-state index in [9.17, 15) is 4.79 Å². The van der Waals surface area contributed by atoms with Crippen LogP contribution in [0, 0.1) is 11.8 Å². The molecule has 4 N–H and O–H groups in total. The lowest BCUT2D eigenvalue weighted by molar-refractivity contribution is 0.224. The zero-order chi connectivity index (χ0) is 10.6. The molecule has 0 atom stereocenters. The summed E-state index contributed by atoms with van der Waals surface area (Å²) >= 11 is 0. The third-order valence-corrected chi connectivity index (χ3v) is 2.49. The van der Waals surface area contributed by atoms with Gasteiger partial charge in [0, 0.05) is 19.1 Å². The van der Waals surface area contributed by atoms with Gasteiger partial charge >= 0.3 is 6.03 Å². The Bertz CT molecular complexity index is 188. The molecule has 0 spiro atoms. The lowest BCUT2D eigenvalue weighted by Gasteiger charge is -2.32. The van der Waals surface area contributed by atoms with Crippen molar-refractivity contribution in [1.82, 2.24) is 10.6 Å². The molecule has 0 heterocycles. The van der Waals surface area contributed by atoms with Gasteiger partial charge in [0.2, 0.25) is 0 Å². The zero-order valence-corrected chi connectivity index (χ0v) is 9.05. The first-order chi connectivity index (χ1) is 6.58. The second-order valence-electron chi connectivity index (χ2n) is 4.58. The van der Waals surface area contributed by atoms with Gasteiger partial charge in [0.1, 0.15) is 0 Å². The number of rotatable bonds is 4. The molecular formula is C10H21N3O. The molecule has 1 saturated carbocycles. The fourth-order valence-corrected chi connectivity index (χ4v) is 1.55. The van der Waals surface area contributed by atoms with Crippen molar-refractivity contribution in [3.63, 3.8) is 0 Å². The van der Waals surface area contributed by atoms with Crippen LogP contribution in [0.3, 0.4) is 0 Å². The van der Waals surface area contributed by atoms with Crippen LogP contribution in [0.4, 0.5) is 4.79 Å². The van der Waals surface area contributed by atoms with Gasteiger partial charge in [0.25, 0.3) is 0 Å². The molecule has 0 radical (unpaired) electrons. The Morgan fingerprint density at radius 1 is 1.43 bits per heavy atom. The van der Waals surface area contributed by atoms with Gasteiger partial charge in [-0.05, 0) is 24.7 Å². The van der Waals surface area contributed by atoms with E-state index in [2.05, 4.69) is 24.5 Å². The van der Waals surface area contributed by atoms with Gasteiger partial charge in [-0.25, -0.2) is 4.79 Å². The monoisotopic (exact) mass is 199 g/mol. The van der Waals surface area contributed by atoms with Gasteiger partial charge < -0.3 is 16.4 Å². The van der Waals surface area contributed by atoms with Gasteiger partial charge in [0.15, 0.2) is 0 Å². The van der Waals surface area contributed by atoms with E-state index in [0.717, 1.165) is 25.9 Å². The highest BCUT2D eigenvalue weighted by Gasteiger charge is 2.25. The maximum Gasteiger partial charge on any atom is 0.314 e. The molecule has 1 aliphatic carbocycles. The molecule has 1 aliphatic rings. The molecule has 0 aliphatic heterocycles. The summed E-state index contributed by atoms with van der Waals surface area (Å²) in [7, 11) is 0. The van der Waals surface area contributed by atoms with Crippen molar-refractivity contribution in [3.8, 4) is 0 Å². The molecule has 0 aromatic rings. The van der Waals surface area contributed by atoms with Crippen LogP contribution in [0.2, 0.25) is 0 Å². The SMILES string of the molecule is CC(C)CNC(=O)NCC1CC(N)C1. The number of urea groups is 1. The van der Waals surface area contributed by atoms with Crippen molar-refractivity contribution in [2.75, 3.05) is 13.1 Å². The molecule has 0 aromatic heterocycles. The van der Waals surface area contributed by atoms with Gasteiger partial charge in [-0.1, -0.05) is 13.8 Å². The highest BCUT2D eigenvalue weighted by atomic mass is 16.2. The van der Waals surface area contributed by atoms with Crippen molar-refractivity contribution in [2.45, 2.75) is 32.7 Å². The van der Waals surface area contributed by atoms with Crippen molar-refractivity contribution in [3.05, 3.63) is 0 Å². The average Bonchev–Trinajstić information content (AvgIpc) is 2.07. The topological polar surface area (TPSA) is 67.2 Å². The van der Waals surface area contributed by atoms with Crippen LogP contribution >= 0.6 is 0 Å². The van der Waals surface area contributed by atoms with Crippen LogP contribution in [0.25, 0.3) is 0 Å². The van der Waals surface area contributed by atoms with Crippen LogP contribution in [-0.4, -0.2) is 25.2 Å². The molecule has 0 unspecified atom stereocenters. The van der Waals surface area contributed by atoms with Crippen molar-refractivity contribution in [2.24, 2.45) is 17.6 Å². The fourth-order valence-electron chi connectivity index (χ4n) is 1.55. The number of hydrogen-bond acceptors (Lipinski definition) is 2. The summed E-state index contributed by atoms with van der Waals surface area (Å²) in [5.41, 5.74) is 5.65. The molecule has 1 rings (SSSR count). The predicted octanol–water partition coefficient (Wildman–Crippen LogP) is 0.679. The van der Waals surface area contributed by atoms with Crippen molar-refractivity contribution in [1.29, 1.82) is 0 Å². The van der Waals surface area contributed by atoms with Crippen molar-refractivity contribution >= 4 is 6.03 Å². The van der Waals surface area contributed by atoms with E-state index in [1.807, 2.05) is 0 Å². The lowest BCUT2D eigenvalue weighted by atomic mass is 9.81. The Morgan fingerprint density at radius 3 is 2.57 bits per heavy atom. The number of amides is 2. The van der Waals surface area contributed by atoms with E-state index >= 15 is 0 Å². The highest BCUT2D eigenvalue weighted by molar-refractivity contribution is 5.73. The smallest absolute Gasteiger partial charge is 0.314 e. The van der Waals surface area contributed by atoms with E-state index < -0.39 is 0 Å². The summed E-state index contributed by atoms with van der Waals surface area (Å²) in [5.74, 6) is 1.09. The molecule has 0 aromatic carbocycles. The van der Waals surface area contributed by atoms with Gasteiger partial charge in [-0.2, -0.15) is 0 Å². The molecule has 4 nitrogen and oxygen atoms in total. The Morgan fingerprint density at radius 2 is 2.07 bits per heavy atom. The number of hydrogen-bond donors (Lipinski definition) is 3. The minimum atomic E-state index is -0.0563. The third-order valence-electron chi connectivity index (χ3n) is 2.49. The standard InChI is InChI=1S/C10H21N3O/c1-7(2)5-12-10(14)13-6-8-3-9(11)4-8/h7-9H,3-6,11H2,1-2H3,(H2,12,13,14). The second-order valence-corrected chi connectivity index (χ2v) is 4.58. The van der Waals surface area contributed by atoms with E-state index in [1.54, 1.807) is 0 Å². The largest absolute Gasteiger partial charge is 0.338 e. The average molecular weight is 199 g/mol. The summed E-state index contributed by atoms with van der Waals surface area (Å²) in [6.07, 6.45) is 2.09. The molecule has 0 saturated heterocycles. The van der Waals surface area contributed by atoms with Gasteiger partial charge in [-0.15, -0.1) is 0 Å². The predicted molar refractivity (Wildman–Crippen MR) is 56.9 cm³/mol. The van der Waals surface area contributed by atoms with Crippen LogP contribution in [0.15, 0.2) is 0 Å². The molecule has 4 heteroatoms. The Labute approximate surface area is 85.6 Å². The van der Waals surface area contributed by atoms with Crippen LogP contribution in [0.5, 0.6) is 0 Å². The zero-order valence-electron chi connectivity index (χ0n) is 9.05. The Hall–Kier alpha value is -0.770. The lowest BCUT2D eigenvalue weighted by Crippen LogP contribution is -2.45. The first-order valence-corrected chi connectivity index (χ1v) is 5.35. The molecule has 2 amide bonds. The molecule has 0 bridgehead atoms. The molecular weight excluding hydrogens is 178 g/mol. The number of nitrogens with one attached hydrogen (secondary N) is 2. The molecule has 14 heavy (non-hydrogen) atoms. The van der Waals surface area contributed by atoms with Gasteiger partial charge in [0.05, 0.1) is 0 Å². The summed E-state index contributed by atoms with van der Waals surface area (Å²) in [6, 6.07) is 0.305. The Balaban J connectivity index is 1.98. The second kappa shape index (κ2) is 5.20. The summed E-state index contributed by atoms with van der Waals surface area (Å²) in [6.45, 7) is 5.64. The number of carbonyl (C=O) groups excluding carboxylic acids is 1. The van der Waals surface area contributed by atoms with E-state index in [0.29, 0.717) is 17.9 Å². The summed E-state index contributed by atoms with van der Waals surface area (Å²) in [4.78, 5) is 11.2. The van der Waals surface area contributed by atoms with E-state index in [-0.39, 0.29) is 6.03 Å². The molecule has 82 valence electrons. The quantitative estimate of drug-likeness (QED) is 0.623. The normalized spacial score (nSPS) is 25.7. The first-order valence-electron chi connectivity index (χ1n) is 5.35. The fraction of sp³-hybridized carbons (Fsp3) is 0.900. The summed E-state index contributed by atoms with van der Waals surface area (Å²) < 4.78 is 0. The number of nitrogens with two attached hydrogens (primary N) is 1. The maximum absolute atomic E-state index is 11.2. The van der Waals surface area contributed by atoms with E-state index in [4.69, 9.17) is 5.73 Å². The Kier molecular flexibility index (Phi) is 4.20. The van der Waals surface area contributed by atoms with Crippen LogP contribution < -0.4 is 16.4 Å². The number of carbonyl (C=O) groups is 1. The minimum Gasteiger partial charge on any atom is -0.338 e.